The van der Waals surface area contributed by atoms with Crippen LogP contribution in [-0.4, -0.2) is 34.3 Å². The topological polar surface area (TPSA) is 65.2 Å². The molecule has 0 fully saturated rings. The summed E-state index contributed by atoms with van der Waals surface area (Å²) in [6.07, 6.45) is 2.62. The highest BCUT2D eigenvalue weighted by Crippen LogP contribution is 2.17. The molecule has 3 aromatic rings. The van der Waals surface area contributed by atoms with E-state index in [2.05, 4.69) is 16.4 Å². The molecule has 0 atom stereocenters. The summed E-state index contributed by atoms with van der Waals surface area (Å²) in [5, 5.41) is 3.91. The van der Waals surface area contributed by atoms with Gasteiger partial charge in [-0.2, -0.15) is 0 Å². The number of hydrogen-bond acceptors (Lipinski definition) is 2. The van der Waals surface area contributed by atoms with E-state index in [0.29, 0.717) is 19.5 Å². The van der Waals surface area contributed by atoms with E-state index in [1.165, 1.54) is 0 Å². The fraction of sp³-hybridized carbons (Fsp3) is 0.273. The van der Waals surface area contributed by atoms with Crippen LogP contribution in [0.25, 0.3) is 10.9 Å². The van der Waals surface area contributed by atoms with E-state index in [4.69, 9.17) is 0 Å². The second-order valence-corrected chi connectivity index (χ2v) is 6.88. The van der Waals surface area contributed by atoms with Gasteiger partial charge in [0, 0.05) is 36.2 Å². The maximum Gasteiger partial charge on any atom is 0.312 e. The standard InChI is InChI=1S/C22H25N3O2/c1-16(2)25(15-17-8-4-3-5-9-17)22(27)21(26)23-13-12-18-14-24-20-11-7-6-10-19(18)20/h3-11,14,16,24H,12-13,15H2,1-2H3,(H,23,26). The summed E-state index contributed by atoms with van der Waals surface area (Å²) >= 11 is 0. The van der Waals surface area contributed by atoms with Gasteiger partial charge >= 0.3 is 11.8 Å². The lowest BCUT2D eigenvalue weighted by Gasteiger charge is -2.26. The Kier molecular flexibility index (Phi) is 5.91. The zero-order valence-corrected chi connectivity index (χ0v) is 15.7. The number of carbonyl (C=O) groups is 2. The molecular formula is C22H25N3O2. The van der Waals surface area contributed by atoms with Crippen molar-refractivity contribution in [2.75, 3.05) is 6.54 Å². The van der Waals surface area contributed by atoms with Crippen LogP contribution in [0.15, 0.2) is 60.8 Å². The minimum atomic E-state index is -0.556. The summed E-state index contributed by atoms with van der Waals surface area (Å²) in [4.78, 5) is 29.8. The number of aromatic nitrogens is 1. The van der Waals surface area contributed by atoms with Crippen molar-refractivity contribution in [2.24, 2.45) is 0 Å². The number of carbonyl (C=O) groups excluding carboxylic acids is 2. The Balaban J connectivity index is 1.58. The number of para-hydroxylation sites is 1. The van der Waals surface area contributed by atoms with Crippen LogP contribution >= 0.6 is 0 Å². The lowest BCUT2D eigenvalue weighted by molar-refractivity contribution is -0.147. The minimum absolute atomic E-state index is 0.0583. The Morgan fingerprint density at radius 3 is 2.48 bits per heavy atom. The molecule has 1 heterocycles. The van der Waals surface area contributed by atoms with Gasteiger partial charge in [0.25, 0.3) is 0 Å². The first-order valence-corrected chi connectivity index (χ1v) is 9.24. The predicted molar refractivity (Wildman–Crippen MR) is 107 cm³/mol. The monoisotopic (exact) mass is 363 g/mol. The average Bonchev–Trinajstić information content (AvgIpc) is 3.09. The van der Waals surface area contributed by atoms with Crippen LogP contribution in [0.2, 0.25) is 0 Å². The van der Waals surface area contributed by atoms with E-state index in [1.807, 2.05) is 68.6 Å². The number of nitrogens with one attached hydrogen (secondary N) is 2. The Bertz CT molecular complexity index is 915. The number of H-pyrrole nitrogens is 1. The first kappa shape index (κ1) is 18.7. The minimum Gasteiger partial charge on any atom is -0.361 e. The zero-order valence-electron chi connectivity index (χ0n) is 15.7. The van der Waals surface area contributed by atoms with E-state index in [1.54, 1.807) is 4.90 Å². The van der Waals surface area contributed by atoms with Gasteiger partial charge in [0.15, 0.2) is 0 Å². The highest BCUT2D eigenvalue weighted by Gasteiger charge is 2.24. The van der Waals surface area contributed by atoms with Gasteiger partial charge in [-0.15, -0.1) is 0 Å². The molecule has 5 nitrogen and oxygen atoms in total. The van der Waals surface area contributed by atoms with Crippen molar-refractivity contribution in [1.82, 2.24) is 15.2 Å². The summed E-state index contributed by atoms with van der Waals surface area (Å²) in [6, 6.07) is 17.7. The number of hydrogen-bond donors (Lipinski definition) is 2. The van der Waals surface area contributed by atoms with Gasteiger partial charge in [-0.1, -0.05) is 48.5 Å². The van der Waals surface area contributed by atoms with Crippen molar-refractivity contribution < 1.29 is 9.59 Å². The number of fused-ring (bicyclic) bond motifs is 1. The van der Waals surface area contributed by atoms with Crippen molar-refractivity contribution in [1.29, 1.82) is 0 Å². The van der Waals surface area contributed by atoms with Gasteiger partial charge in [-0.3, -0.25) is 9.59 Å². The van der Waals surface area contributed by atoms with Gasteiger partial charge in [0.1, 0.15) is 0 Å². The molecule has 0 aliphatic carbocycles. The number of amides is 2. The van der Waals surface area contributed by atoms with Gasteiger partial charge in [-0.05, 0) is 37.5 Å². The molecule has 0 spiro atoms. The Hall–Kier alpha value is -3.08. The van der Waals surface area contributed by atoms with Crippen LogP contribution in [0, 0.1) is 0 Å². The second-order valence-electron chi connectivity index (χ2n) is 6.88. The summed E-state index contributed by atoms with van der Waals surface area (Å²) in [5.41, 5.74) is 3.21. The van der Waals surface area contributed by atoms with Gasteiger partial charge in [-0.25, -0.2) is 0 Å². The predicted octanol–water partition coefficient (Wildman–Crippen LogP) is 3.26. The summed E-state index contributed by atoms with van der Waals surface area (Å²) in [6.45, 7) is 4.68. The smallest absolute Gasteiger partial charge is 0.312 e. The molecule has 2 amide bonds. The summed E-state index contributed by atoms with van der Waals surface area (Å²) in [7, 11) is 0. The third-order valence-corrected chi connectivity index (χ3v) is 4.63. The van der Waals surface area contributed by atoms with Crippen molar-refractivity contribution >= 4 is 22.7 Å². The lowest BCUT2D eigenvalue weighted by atomic mass is 10.1. The van der Waals surface area contributed by atoms with Gasteiger partial charge in [0.05, 0.1) is 0 Å². The lowest BCUT2D eigenvalue weighted by Crippen LogP contribution is -2.46. The van der Waals surface area contributed by atoms with E-state index in [0.717, 1.165) is 22.0 Å². The first-order chi connectivity index (χ1) is 13.1. The zero-order chi connectivity index (χ0) is 19.2. The normalized spacial score (nSPS) is 10.9. The molecule has 0 unspecified atom stereocenters. The number of benzene rings is 2. The van der Waals surface area contributed by atoms with Crippen molar-refractivity contribution in [3.05, 3.63) is 71.9 Å². The third kappa shape index (κ3) is 4.56. The number of aromatic amines is 1. The van der Waals surface area contributed by atoms with E-state index in [-0.39, 0.29) is 6.04 Å². The maximum atomic E-state index is 12.6. The molecule has 2 aromatic carbocycles. The van der Waals surface area contributed by atoms with Crippen molar-refractivity contribution in [3.63, 3.8) is 0 Å². The van der Waals surface area contributed by atoms with Gasteiger partial charge < -0.3 is 15.2 Å². The van der Waals surface area contributed by atoms with Crippen molar-refractivity contribution in [3.8, 4) is 0 Å². The molecule has 0 saturated heterocycles. The molecule has 0 saturated carbocycles. The second kappa shape index (κ2) is 8.54. The summed E-state index contributed by atoms with van der Waals surface area (Å²) < 4.78 is 0. The molecule has 0 aliphatic heterocycles. The Labute approximate surface area is 159 Å². The number of rotatable bonds is 6. The van der Waals surface area contributed by atoms with Gasteiger partial charge in [0.2, 0.25) is 0 Å². The molecule has 140 valence electrons. The summed E-state index contributed by atoms with van der Waals surface area (Å²) in [5.74, 6) is -1.05. The average molecular weight is 363 g/mol. The molecule has 0 aliphatic rings. The highest BCUT2D eigenvalue weighted by molar-refractivity contribution is 6.35. The highest BCUT2D eigenvalue weighted by atomic mass is 16.2. The maximum absolute atomic E-state index is 12.6. The SMILES string of the molecule is CC(C)N(Cc1ccccc1)C(=O)C(=O)NCCc1c[nH]c2ccccc12. The van der Waals surface area contributed by atoms with E-state index < -0.39 is 11.8 Å². The molecule has 27 heavy (non-hydrogen) atoms. The van der Waals surface area contributed by atoms with E-state index >= 15 is 0 Å². The third-order valence-electron chi connectivity index (χ3n) is 4.63. The Morgan fingerprint density at radius 1 is 1.04 bits per heavy atom. The first-order valence-electron chi connectivity index (χ1n) is 9.24. The largest absolute Gasteiger partial charge is 0.361 e. The molecule has 3 rings (SSSR count). The Morgan fingerprint density at radius 2 is 1.74 bits per heavy atom. The molecule has 2 N–H and O–H groups in total. The quantitative estimate of drug-likeness (QED) is 0.660. The fourth-order valence-electron chi connectivity index (χ4n) is 3.12. The van der Waals surface area contributed by atoms with Crippen LogP contribution < -0.4 is 5.32 Å². The molecule has 0 radical (unpaired) electrons. The molecule has 1 aromatic heterocycles. The molecule has 5 heteroatoms. The van der Waals surface area contributed by atoms with Crippen molar-refractivity contribution in [2.45, 2.75) is 32.9 Å². The van der Waals surface area contributed by atoms with Crippen LogP contribution in [-0.2, 0) is 22.6 Å². The molecular weight excluding hydrogens is 338 g/mol. The van der Waals surface area contributed by atoms with Crippen LogP contribution in [0.1, 0.15) is 25.0 Å². The fourth-order valence-corrected chi connectivity index (χ4v) is 3.12. The van der Waals surface area contributed by atoms with Crippen LogP contribution in [0.3, 0.4) is 0 Å². The molecule has 0 bridgehead atoms. The number of nitrogens with zero attached hydrogens (tertiary/aromatic N) is 1. The van der Waals surface area contributed by atoms with Crippen LogP contribution in [0.4, 0.5) is 0 Å². The van der Waals surface area contributed by atoms with E-state index in [9.17, 15) is 9.59 Å². The van der Waals surface area contributed by atoms with Crippen LogP contribution in [0.5, 0.6) is 0 Å².